The van der Waals surface area contributed by atoms with Crippen molar-refractivity contribution in [1.29, 1.82) is 0 Å². The van der Waals surface area contributed by atoms with E-state index in [1.807, 2.05) is 0 Å². The molecule has 0 aliphatic rings. The fourth-order valence-electron chi connectivity index (χ4n) is 8.31. The topological polar surface area (TPSA) is 69.6 Å². The van der Waals surface area contributed by atoms with Crippen LogP contribution in [0.25, 0.3) is 0 Å². The first kappa shape index (κ1) is 57.6. The Balaban J connectivity index is 3.48. The van der Waals surface area contributed by atoms with Crippen molar-refractivity contribution in [3.63, 3.8) is 0 Å². The zero-order chi connectivity index (χ0) is 42.8. The fourth-order valence-corrected chi connectivity index (χ4v) is 8.31. The van der Waals surface area contributed by atoms with E-state index in [0.717, 1.165) is 38.5 Å². The Bertz CT molecular complexity index is 897. The second-order valence-electron chi connectivity index (χ2n) is 18.3. The minimum absolute atomic E-state index is 0.0303. The van der Waals surface area contributed by atoms with E-state index < -0.39 is 12.1 Å². The number of hydrogen-bond acceptors (Lipinski definition) is 3. The summed E-state index contributed by atoms with van der Waals surface area (Å²) in [7, 11) is 0. The molecule has 0 aromatic heterocycles. The number of carbonyl (C=O) groups is 1. The lowest BCUT2D eigenvalue weighted by molar-refractivity contribution is -0.123. The van der Waals surface area contributed by atoms with Gasteiger partial charge in [0.15, 0.2) is 0 Å². The molecule has 3 N–H and O–H groups in total. The maximum absolute atomic E-state index is 12.5. The zero-order valence-corrected chi connectivity index (χ0v) is 40.0. The molecule has 4 heteroatoms. The predicted octanol–water partition coefficient (Wildman–Crippen LogP) is 17.3. The van der Waals surface area contributed by atoms with Gasteiger partial charge in [0.1, 0.15) is 0 Å². The van der Waals surface area contributed by atoms with Crippen molar-refractivity contribution in [2.45, 2.75) is 302 Å². The Morgan fingerprint density at radius 1 is 0.407 bits per heavy atom. The van der Waals surface area contributed by atoms with E-state index in [-0.39, 0.29) is 12.5 Å². The Labute approximate surface area is 370 Å². The van der Waals surface area contributed by atoms with E-state index >= 15 is 0 Å². The van der Waals surface area contributed by atoms with Gasteiger partial charge in [-0.1, -0.05) is 269 Å². The number of amides is 1. The van der Waals surface area contributed by atoms with Crippen LogP contribution in [0, 0.1) is 0 Å². The average molecular weight is 828 g/mol. The summed E-state index contributed by atoms with van der Waals surface area (Å²) in [6.07, 6.45) is 68.2. The molecule has 0 aliphatic carbocycles. The Morgan fingerprint density at radius 2 is 0.695 bits per heavy atom. The third-order valence-electron chi connectivity index (χ3n) is 12.4. The lowest BCUT2D eigenvalue weighted by Crippen LogP contribution is -2.45. The van der Waals surface area contributed by atoms with Crippen LogP contribution >= 0.6 is 0 Å². The summed E-state index contributed by atoms with van der Waals surface area (Å²) in [5.74, 6) is -0.0303. The van der Waals surface area contributed by atoms with Crippen LogP contribution in [-0.2, 0) is 4.79 Å². The van der Waals surface area contributed by atoms with Crippen LogP contribution in [0.1, 0.15) is 290 Å². The van der Waals surface area contributed by atoms with E-state index in [4.69, 9.17) is 0 Å². The highest BCUT2D eigenvalue weighted by atomic mass is 16.3. The van der Waals surface area contributed by atoms with Gasteiger partial charge in [-0.05, 0) is 51.4 Å². The van der Waals surface area contributed by atoms with Crippen molar-refractivity contribution < 1.29 is 15.0 Å². The quantitative estimate of drug-likeness (QED) is 0.0423. The normalized spacial score (nSPS) is 13.1. The molecule has 2 unspecified atom stereocenters. The smallest absolute Gasteiger partial charge is 0.220 e. The molecule has 0 bridgehead atoms. The lowest BCUT2D eigenvalue weighted by Gasteiger charge is -2.22. The van der Waals surface area contributed by atoms with Crippen LogP contribution < -0.4 is 5.32 Å². The fraction of sp³-hybridized carbons (Fsp3) is 0.873. The van der Waals surface area contributed by atoms with Gasteiger partial charge in [0.25, 0.3) is 0 Å². The maximum atomic E-state index is 12.5. The number of carbonyl (C=O) groups excluding carboxylic acids is 1. The van der Waals surface area contributed by atoms with Gasteiger partial charge in [0.2, 0.25) is 5.91 Å². The SMILES string of the molecule is CCCCCCC/C=C\C/C=C\C/C=C\CCCCCCCCCCCCCCC(=O)NC(CO)C(O)CCCCCCCCCCCCCCCCCCCCCC. The Hall–Kier alpha value is -1.39. The molecular weight excluding hydrogens is 723 g/mol. The molecule has 1 amide bonds. The maximum Gasteiger partial charge on any atom is 0.220 e. The standard InChI is InChI=1S/C55H105NO3/c1-3-5-7-9-11-13-15-17-19-21-23-25-26-27-28-29-30-31-33-35-37-39-41-43-45-47-49-51-55(59)56-53(52-57)54(58)50-48-46-44-42-40-38-36-34-32-24-22-20-18-16-14-12-10-8-6-4-2/h15,17,21,23,26-27,53-54,57-58H,3-14,16,18-20,22,24-25,28-52H2,1-2H3,(H,56,59)/b17-15-,23-21-,27-26-. The Morgan fingerprint density at radius 3 is 1.03 bits per heavy atom. The molecule has 0 fully saturated rings. The number of nitrogens with one attached hydrogen (secondary N) is 1. The summed E-state index contributed by atoms with van der Waals surface area (Å²) in [6.45, 7) is 4.37. The van der Waals surface area contributed by atoms with Crippen molar-refractivity contribution >= 4 is 5.91 Å². The second kappa shape index (κ2) is 51.0. The number of unbranched alkanes of at least 4 members (excludes halogenated alkanes) is 36. The number of hydrogen-bond donors (Lipinski definition) is 3. The van der Waals surface area contributed by atoms with Gasteiger partial charge >= 0.3 is 0 Å². The highest BCUT2D eigenvalue weighted by Gasteiger charge is 2.20. The number of aliphatic hydroxyl groups is 2. The molecule has 348 valence electrons. The summed E-state index contributed by atoms with van der Waals surface area (Å²) >= 11 is 0. The summed E-state index contributed by atoms with van der Waals surface area (Å²) in [5, 5.41) is 23.3. The molecule has 0 rings (SSSR count). The average Bonchev–Trinajstić information content (AvgIpc) is 3.24. The summed E-state index contributed by atoms with van der Waals surface area (Å²) < 4.78 is 0. The van der Waals surface area contributed by atoms with Crippen molar-refractivity contribution in [3.05, 3.63) is 36.5 Å². The van der Waals surface area contributed by atoms with Gasteiger partial charge in [-0.3, -0.25) is 4.79 Å². The van der Waals surface area contributed by atoms with Crippen molar-refractivity contribution in [2.75, 3.05) is 6.61 Å². The third-order valence-corrected chi connectivity index (χ3v) is 12.4. The van der Waals surface area contributed by atoms with Crippen molar-refractivity contribution in [3.8, 4) is 0 Å². The van der Waals surface area contributed by atoms with Crippen LogP contribution in [0.2, 0.25) is 0 Å². The molecule has 4 nitrogen and oxygen atoms in total. The van der Waals surface area contributed by atoms with Crippen LogP contribution in [0.3, 0.4) is 0 Å². The van der Waals surface area contributed by atoms with Gasteiger partial charge in [-0.15, -0.1) is 0 Å². The van der Waals surface area contributed by atoms with Crippen molar-refractivity contribution in [2.24, 2.45) is 0 Å². The molecule has 0 spiro atoms. The second-order valence-corrected chi connectivity index (χ2v) is 18.3. The molecule has 0 saturated carbocycles. The summed E-state index contributed by atoms with van der Waals surface area (Å²) in [4.78, 5) is 12.5. The molecule has 0 saturated heterocycles. The number of allylic oxidation sites excluding steroid dienone is 6. The first-order valence-electron chi connectivity index (χ1n) is 26.7. The monoisotopic (exact) mass is 828 g/mol. The van der Waals surface area contributed by atoms with E-state index in [1.54, 1.807) is 0 Å². The highest BCUT2D eigenvalue weighted by molar-refractivity contribution is 5.76. The molecule has 0 heterocycles. The molecule has 0 aliphatic heterocycles. The summed E-state index contributed by atoms with van der Waals surface area (Å²) in [6, 6.07) is -0.538. The first-order chi connectivity index (χ1) is 29.2. The lowest BCUT2D eigenvalue weighted by atomic mass is 10.0. The van der Waals surface area contributed by atoms with Crippen LogP contribution in [0.15, 0.2) is 36.5 Å². The molecule has 59 heavy (non-hydrogen) atoms. The van der Waals surface area contributed by atoms with Crippen molar-refractivity contribution in [1.82, 2.24) is 5.32 Å². The van der Waals surface area contributed by atoms with Gasteiger partial charge in [-0.25, -0.2) is 0 Å². The zero-order valence-electron chi connectivity index (χ0n) is 40.0. The first-order valence-corrected chi connectivity index (χ1v) is 26.7. The minimum Gasteiger partial charge on any atom is -0.394 e. The van der Waals surface area contributed by atoms with Crippen LogP contribution in [-0.4, -0.2) is 34.9 Å². The van der Waals surface area contributed by atoms with Crippen LogP contribution in [0.4, 0.5) is 0 Å². The van der Waals surface area contributed by atoms with Gasteiger partial charge in [0.05, 0.1) is 18.8 Å². The highest BCUT2D eigenvalue weighted by Crippen LogP contribution is 2.17. The van der Waals surface area contributed by atoms with Gasteiger partial charge in [-0.2, -0.15) is 0 Å². The number of rotatable bonds is 49. The molecule has 0 radical (unpaired) electrons. The van der Waals surface area contributed by atoms with E-state index in [9.17, 15) is 15.0 Å². The van der Waals surface area contributed by atoms with Crippen LogP contribution in [0.5, 0.6) is 0 Å². The van der Waals surface area contributed by atoms with Gasteiger partial charge in [0, 0.05) is 6.42 Å². The van der Waals surface area contributed by atoms with E-state index in [0.29, 0.717) is 12.8 Å². The predicted molar refractivity (Wildman–Crippen MR) is 262 cm³/mol. The minimum atomic E-state index is -0.661. The summed E-state index contributed by atoms with van der Waals surface area (Å²) in [5.41, 5.74) is 0. The van der Waals surface area contributed by atoms with E-state index in [2.05, 4.69) is 55.6 Å². The molecule has 0 aromatic carbocycles. The molecule has 2 atom stereocenters. The third kappa shape index (κ3) is 47.5. The molecular formula is C55H105NO3. The van der Waals surface area contributed by atoms with E-state index in [1.165, 1.54) is 225 Å². The molecule has 0 aromatic rings. The number of aliphatic hydroxyl groups excluding tert-OH is 2. The largest absolute Gasteiger partial charge is 0.394 e. The van der Waals surface area contributed by atoms with Gasteiger partial charge < -0.3 is 15.5 Å². The Kier molecular flexibility index (Phi) is 49.8.